The van der Waals surface area contributed by atoms with Crippen LogP contribution in [0.25, 0.3) is 0 Å². The van der Waals surface area contributed by atoms with Gasteiger partial charge in [0, 0.05) is 105 Å². The fraction of sp³-hybridized carbons (Fsp3) is 0.831. The van der Waals surface area contributed by atoms with Crippen LogP contribution in [0.2, 0.25) is 0 Å². The molecule has 1 amide bonds. The monoisotopic (exact) mass is 2000 g/mol. The first kappa shape index (κ1) is 125. The molecule has 0 fully saturated rings. The highest BCUT2D eigenvalue weighted by molar-refractivity contribution is 7.87. The lowest BCUT2D eigenvalue weighted by atomic mass is 10.1. The van der Waals surface area contributed by atoms with E-state index in [1.807, 2.05) is 98.7 Å². The molecular formula is C83H162N9O31S7+. The molecule has 2 aromatic rings. The molecule has 1 atom stereocenters. The molecule has 0 saturated heterocycles. The van der Waals surface area contributed by atoms with Gasteiger partial charge in [0.2, 0.25) is 11.5 Å². The Morgan fingerprint density at radius 1 is 0.292 bits per heavy atom. The molecule has 0 saturated carbocycles. The van der Waals surface area contributed by atoms with Crippen molar-refractivity contribution in [3.63, 3.8) is 0 Å². The number of carbonyl (C=O) groups excluding carboxylic acids is 2. The average molecular weight is 2010 g/mol. The fourth-order valence-corrected chi connectivity index (χ4v) is 18.7. The van der Waals surface area contributed by atoms with E-state index in [-0.39, 0.29) is 97.7 Å². The highest BCUT2D eigenvalue weighted by atomic mass is 32.2. The number of hydrogen-bond acceptors (Lipinski definition) is 31. The summed E-state index contributed by atoms with van der Waals surface area (Å²) in [5.41, 5.74) is 0.512. The van der Waals surface area contributed by atoms with Gasteiger partial charge in [0.15, 0.2) is 23.0 Å². The maximum atomic E-state index is 12.8. The Bertz CT molecular complexity index is 4080. The summed E-state index contributed by atoms with van der Waals surface area (Å²) in [5.74, 6) is -1.66. The quantitative estimate of drug-likeness (QED) is 0.0316. The number of nitrogens with zero attached hydrogens (tertiary/aromatic N) is 8. The minimum Gasteiger partial charge on any atom is -0.748 e. The molecule has 2 rings (SSSR count). The molecule has 0 aliphatic rings. The van der Waals surface area contributed by atoms with E-state index in [4.69, 9.17) is 37.9 Å². The van der Waals surface area contributed by atoms with Gasteiger partial charge in [0.05, 0.1) is 328 Å². The highest BCUT2D eigenvalue weighted by Crippen LogP contribution is 2.41. The van der Waals surface area contributed by atoms with Crippen molar-refractivity contribution in [2.75, 3.05) is 306 Å². The minimum atomic E-state index is -4.25. The third-order valence-electron chi connectivity index (χ3n) is 22.0. The summed E-state index contributed by atoms with van der Waals surface area (Å²) in [6, 6.07) is 6.31. The van der Waals surface area contributed by atoms with Crippen LogP contribution in [-0.4, -0.2) is 450 Å². The van der Waals surface area contributed by atoms with Gasteiger partial charge in [0.1, 0.15) is 0 Å². The van der Waals surface area contributed by atoms with Gasteiger partial charge >= 0.3 is 12.3 Å². The first-order chi connectivity index (χ1) is 59.4. The SMILES string of the molecule is CCCC[N+](C)(C)C(OC)[N+](C)(C)CCCS(=O)(=O)[O-].CNC(=O)c1cc(OCCC[N+](C)(C)CCCCS(=O)(=O)[O-])c(OCCC[N+](C)(C)CCCCS(=O)(=O)[O-])c(OCCC[N+](C)(C)CCCCS(=O)(=O)[O-])c1.COC(=O)c1cc(OCCC[N+](C)(C)CCCCS(=O)(=O)[O-])c(OCCC[N+](C)(C)CCCCS(=O)(=O)[O-])c(OCCC[N+](C)(C)CCCCS(=O)(=O)[O-])c1. The Kier molecular flexibility index (Phi) is 56.5. The Balaban J connectivity index is 0.00000211. The zero-order chi connectivity index (χ0) is 100.0. The van der Waals surface area contributed by atoms with Gasteiger partial charge in [-0.15, -0.1) is 0 Å². The van der Waals surface area contributed by atoms with E-state index in [9.17, 15) is 100 Å². The normalized spacial score (nSPS) is 13.5. The van der Waals surface area contributed by atoms with E-state index in [0.29, 0.717) is 283 Å². The highest BCUT2D eigenvalue weighted by Gasteiger charge is 2.42. The van der Waals surface area contributed by atoms with Crippen molar-refractivity contribution in [2.45, 2.75) is 148 Å². The van der Waals surface area contributed by atoms with Gasteiger partial charge in [-0.3, -0.25) is 18.5 Å². The number of ether oxygens (including phenoxy) is 8. The molecule has 0 aromatic heterocycles. The number of esters is 1. The van der Waals surface area contributed by atoms with Crippen molar-refractivity contribution in [3.05, 3.63) is 35.4 Å². The lowest BCUT2D eigenvalue weighted by Crippen LogP contribution is -2.65. The van der Waals surface area contributed by atoms with Crippen LogP contribution in [0.4, 0.5) is 0 Å². The van der Waals surface area contributed by atoms with Crippen molar-refractivity contribution >= 4 is 82.7 Å². The van der Waals surface area contributed by atoms with Gasteiger partial charge < -0.3 is 97.2 Å². The summed E-state index contributed by atoms with van der Waals surface area (Å²) < 4.78 is 282. The fourth-order valence-electron chi connectivity index (χ4n) is 14.8. The Morgan fingerprint density at radius 3 is 0.692 bits per heavy atom. The van der Waals surface area contributed by atoms with Gasteiger partial charge in [-0.05, 0) is 108 Å². The molecule has 0 aliphatic carbocycles. The summed E-state index contributed by atoms with van der Waals surface area (Å²) in [4.78, 5) is 25.5. The molecular weight excluding hydrogens is 1840 g/mol. The third kappa shape index (κ3) is 65.0. The second kappa shape index (κ2) is 58.7. The largest absolute Gasteiger partial charge is 0.748 e. The first-order valence-electron chi connectivity index (χ1n) is 44.5. The Hall–Kier alpha value is -4.81. The summed E-state index contributed by atoms with van der Waals surface area (Å²) in [7, 11) is 7.26. The summed E-state index contributed by atoms with van der Waals surface area (Å²) in [5, 5.41) is 2.63. The minimum absolute atomic E-state index is 0.0871. The Labute approximate surface area is 780 Å². The van der Waals surface area contributed by atoms with E-state index < -0.39 is 76.8 Å². The van der Waals surface area contributed by atoms with Gasteiger partial charge in [-0.25, -0.2) is 63.7 Å². The number of benzene rings is 2. The summed E-state index contributed by atoms with van der Waals surface area (Å²) >= 11 is 0. The lowest BCUT2D eigenvalue weighted by molar-refractivity contribution is -1.13. The van der Waals surface area contributed by atoms with Crippen LogP contribution >= 0.6 is 0 Å². The van der Waals surface area contributed by atoms with E-state index in [1.165, 1.54) is 14.2 Å². The van der Waals surface area contributed by atoms with Gasteiger partial charge in [0.25, 0.3) is 5.91 Å². The zero-order valence-electron chi connectivity index (χ0n) is 81.4. The third-order valence-corrected chi connectivity index (χ3v) is 27.5. The molecule has 0 bridgehead atoms. The van der Waals surface area contributed by atoms with Gasteiger partial charge in [-0.1, -0.05) is 13.3 Å². The van der Waals surface area contributed by atoms with E-state index in [1.54, 1.807) is 31.4 Å². The van der Waals surface area contributed by atoms with Crippen molar-refractivity contribution < 1.29 is 174 Å². The lowest BCUT2D eigenvalue weighted by Gasteiger charge is -2.45. The van der Waals surface area contributed by atoms with Crippen molar-refractivity contribution in [1.29, 1.82) is 0 Å². The average Bonchev–Trinajstić information content (AvgIpc) is 0.817. The number of methoxy groups -OCH3 is 2. The standard InChI is InChI=1S/C35H66N4O13S3.C35H65N3O14S3.C13H31N2O4S/c1-36-35(40)31-29-32(50-23-14-20-37(2,3)17-8-11-26-53(41,42)43)34(52-25-16-22-39(6,7)19-10-13-28-55(47,48)49)33(30-31)51-24-15-21-38(4,5)18-9-12-27-54(44,45)46;1-36(2,17-8-11-26-53(40,41)42)20-14-23-50-32-29-31(35(39)49-7)30-33(51-24-15-21-37(3,4)18-9-12-27-54(43,44)45)34(32)52-25-16-22-38(5,6)19-10-13-28-55(46,47)48;1-7-8-10-14(2,3)13(19-6)15(4,5)11-9-12-20(16,17)18/h29-30H,8-28H2,1-7H3,(H-3,36,40,41,42,43,44,45,46,47,48,49);29-30H,8-28H2,1-7H3;13H,7-12H2,1-6H3/q;;+1. The molecule has 40 nitrogen and oxygen atoms in total. The first-order valence-corrected chi connectivity index (χ1v) is 55.5. The van der Waals surface area contributed by atoms with E-state index in [0.717, 1.165) is 19.4 Å². The number of rotatable bonds is 72. The number of quaternary nitrogens is 8. The smallest absolute Gasteiger partial charge is 0.338 e. The van der Waals surface area contributed by atoms with Gasteiger partial charge in [-0.2, -0.15) is 0 Å². The molecule has 0 aliphatic heterocycles. The predicted molar refractivity (Wildman–Crippen MR) is 491 cm³/mol. The maximum absolute atomic E-state index is 12.8. The molecule has 766 valence electrons. The number of hydrogen-bond donors (Lipinski definition) is 1. The summed E-state index contributed by atoms with van der Waals surface area (Å²) in [6.45, 7) is 13.6. The molecule has 130 heavy (non-hydrogen) atoms. The van der Waals surface area contributed by atoms with Crippen LogP contribution in [-0.2, 0) is 80.3 Å². The molecule has 2 aromatic carbocycles. The van der Waals surface area contributed by atoms with Crippen LogP contribution in [0, 0.1) is 0 Å². The molecule has 0 spiro atoms. The second-order valence-electron chi connectivity index (χ2n) is 38.5. The van der Waals surface area contributed by atoms with Crippen LogP contribution < -0.4 is 33.7 Å². The van der Waals surface area contributed by atoms with Crippen LogP contribution in [0.5, 0.6) is 34.5 Å². The topological polar surface area (TPSA) is 520 Å². The molecule has 1 N–H and O–H groups in total. The van der Waals surface area contributed by atoms with Crippen molar-refractivity contribution in [2.24, 2.45) is 0 Å². The summed E-state index contributed by atoms with van der Waals surface area (Å²) in [6.07, 6.45) is 11.5. The number of nitrogens with one attached hydrogen (secondary N) is 1. The van der Waals surface area contributed by atoms with Crippen molar-refractivity contribution in [3.8, 4) is 34.5 Å². The number of unbranched alkanes of at least 4 members (excludes halogenated alkanes) is 7. The predicted octanol–water partition coefficient (Wildman–Crippen LogP) is 4.35. The molecule has 1 unspecified atom stereocenters. The van der Waals surface area contributed by atoms with Crippen LogP contribution in [0.3, 0.4) is 0 Å². The molecule has 0 heterocycles. The van der Waals surface area contributed by atoms with Crippen LogP contribution in [0.1, 0.15) is 162 Å². The number of carbonyl (C=O) groups is 2. The Morgan fingerprint density at radius 2 is 0.492 bits per heavy atom. The van der Waals surface area contributed by atoms with E-state index >= 15 is 0 Å². The maximum Gasteiger partial charge on any atom is 0.338 e. The second-order valence-corrected chi connectivity index (χ2v) is 49.2. The molecule has 47 heteroatoms. The molecule has 0 radical (unpaired) electrons. The van der Waals surface area contributed by atoms with Crippen LogP contribution in [0.15, 0.2) is 24.3 Å². The number of amides is 1. The van der Waals surface area contributed by atoms with Crippen molar-refractivity contribution in [1.82, 2.24) is 5.32 Å². The van der Waals surface area contributed by atoms with E-state index in [2.05, 4.69) is 26.3 Å². The zero-order valence-corrected chi connectivity index (χ0v) is 87.1.